The van der Waals surface area contributed by atoms with Gasteiger partial charge in [-0.15, -0.1) is 0 Å². The maximum atomic E-state index is 11.1. The second kappa shape index (κ2) is 6.65. The Balaban J connectivity index is 3.16. The molecule has 0 fully saturated rings. The number of carboxylic acids is 1. The standard InChI is InChI=1S/C13H16N2O4/c1-9-11(13(16)17)7-10(5-3-4-6-14-2)8-12(9)15(18)19/h3,5,7-8,14H,4,6H2,1-2H3,(H,16,17). The van der Waals surface area contributed by atoms with Crippen LogP contribution in [0.2, 0.25) is 0 Å². The van der Waals surface area contributed by atoms with Gasteiger partial charge >= 0.3 is 5.97 Å². The molecule has 6 nitrogen and oxygen atoms in total. The Labute approximate surface area is 110 Å². The van der Waals surface area contributed by atoms with Crippen LogP contribution >= 0.6 is 0 Å². The minimum absolute atomic E-state index is 0.0394. The van der Waals surface area contributed by atoms with Crippen molar-refractivity contribution in [2.24, 2.45) is 0 Å². The highest BCUT2D eigenvalue weighted by Gasteiger charge is 2.19. The van der Waals surface area contributed by atoms with E-state index in [0.717, 1.165) is 13.0 Å². The van der Waals surface area contributed by atoms with Crippen LogP contribution in [0, 0.1) is 17.0 Å². The molecule has 0 aromatic heterocycles. The molecule has 1 aromatic carbocycles. The molecule has 6 heteroatoms. The Bertz CT molecular complexity index is 488. The van der Waals surface area contributed by atoms with Gasteiger partial charge in [0.05, 0.1) is 10.5 Å². The number of rotatable bonds is 6. The first-order valence-electron chi connectivity index (χ1n) is 5.80. The van der Waals surface area contributed by atoms with Crippen LogP contribution in [-0.4, -0.2) is 29.6 Å². The summed E-state index contributed by atoms with van der Waals surface area (Å²) in [7, 11) is 1.83. The number of nitro benzene ring substituents is 1. The molecule has 19 heavy (non-hydrogen) atoms. The topological polar surface area (TPSA) is 92.5 Å². The van der Waals surface area contributed by atoms with E-state index >= 15 is 0 Å². The number of hydrogen-bond donors (Lipinski definition) is 2. The van der Waals surface area contributed by atoms with Crippen molar-refractivity contribution < 1.29 is 14.8 Å². The molecule has 0 atom stereocenters. The summed E-state index contributed by atoms with van der Waals surface area (Å²) in [5.41, 5.74) is 0.478. The fourth-order valence-corrected chi connectivity index (χ4v) is 1.68. The number of benzene rings is 1. The Hall–Kier alpha value is -2.21. The predicted octanol–water partition coefficient (Wildman–Crippen LogP) is 2.22. The molecule has 102 valence electrons. The molecule has 1 aromatic rings. The van der Waals surface area contributed by atoms with Crippen molar-refractivity contribution in [3.63, 3.8) is 0 Å². The molecule has 2 N–H and O–H groups in total. The third-order valence-electron chi connectivity index (χ3n) is 2.70. The van der Waals surface area contributed by atoms with Crippen LogP contribution in [0.1, 0.15) is 27.9 Å². The fourth-order valence-electron chi connectivity index (χ4n) is 1.68. The van der Waals surface area contributed by atoms with E-state index in [1.165, 1.54) is 19.1 Å². The average molecular weight is 264 g/mol. The van der Waals surface area contributed by atoms with Crippen LogP contribution < -0.4 is 5.32 Å². The average Bonchev–Trinajstić information content (AvgIpc) is 2.35. The van der Waals surface area contributed by atoms with E-state index in [4.69, 9.17) is 5.11 Å². The highest BCUT2D eigenvalue weighted by molar-refractivity contribution is 5.91. The van der Waals surface area contributed by atoms with Crippen molar-refractivity contribution in [3.05, 3.63) is 45.0 Å². The summed E-state index contributed by atoms with van der Waals surface area (Å²) in [4.78, 5) is 21.4. The molecule has 0 bridgehead atoms. The second-order valence-corrected chi connectivity index (χ2v) is 4.07. The molecule has 0 amide bonds. The molecule has 0 aliphatic carbocycles. The van der Waals surface area contributed by atoms with Crippen molar-refractivity contribution in [1.29, 1.82) is 0 Å². The van der Waals surface area contributed by atoms with Gasteiger partial charge in [-0.3, -0.25) is 10.1 Å². The number of carboxylic acid groups (broad SMARTS) is 1. The maximum Gasteiger partial charge on any atom is 0.336 e. The molecule has 1 rings (SSSR count). The van der Waals surface area contributed by atoms with Gasteiger partial charge in [-0.25, -0.2) is 4.79 Å². The van der Waals surface area contributed by atoms with Gasteiger partial charge in [-0.1, -0.05) is 12.2 Å². The van der Waals surface area contributed by atoms with Crippen LogP contribution in [0.5, 0.6) is 0 Å². The van der Waals surface area contributed by atoms with Crippen molar-refractivity contribution in [1.82, 2.24) is 5.32 Å². The minimum atomic E-state index is -1.16. The highest BCUT2D eigenvalue weighted by atomic mass is 16.6. The number of carbonyl (C=O) groups is 1. The van der Waals surface area contributed by atoms with Crippen LogP contribution in [0.4, 0.5) is 5.69 Å². The van der Waals surface area contributed by atoms with E-state index in [9.17, 15) is 14.9 Å². The summed E-state index contributed by atoms with van der Waals surface area (Å²) in [6.07, 6.45) is 4.30. The van der Waals surface area contributed by atoms with E-state index in [-0.39, 0.29) is 16.8 Å². The summed E-state index contributed by atoms with van der Waals surface area (Å²) in [6, 6.07) is 2.83. The van der Waals surface area contributed by atoms with E-state index in [2.05, 4.69) is 5.32 Å². The van der Waals surface area contributed by atoms with Crippen molar-refractivity contribution in [2.75, 3.05) is 13.6 Å². The number of nitro groups is 1. The molecule has 0 saturated carbocycles. The Morgan fingerprint density at radius 3 is 2.74 bits per heavy atom. The lowest BCUT2D eigenvalue weighted by Crippen LogP contribution is -2.05. The normalized spacial score (nSPS) is 10.8. The van der Waals surface area contributed by atoms with Gasteiger partial charge in [0.1, 0.15) is 0 Å². The number of hydrogen-bond acceptors (Lipinski definition) is 4. The smallest absolute Gasteiger partial charge is 0.336 e. The Kier molecular flexibility index (Phi) is 5.20. The van der Waals surface area contributed by atoms with E-state index in [1.807, 2.05) is 13.1 Å². The minimum Gasteiger partial charge on any atom is -0.478 e. The van der Waals surface area contributed by atoms with Gasteiger partial charge in [0.15, 0.2) is 0 Å². The van der Waals surface area contributed by atoms with Crippen molar-refractivity contribution in [2.45, 2.75) is 13.3 Å². The predicted molar refractivity (Wildman–Crippen MR) is 72.4 cm³/mol. The summed E-state index contributed by atoms with van der Waals surface area (Å²) >= 11 is 0. The zero-order chi connectivity index (χ0) is 14.4. The van der Waals surface area contributed by atoms with Gasteiger partial charge in [0.2, 0.25) is 0 Å². The lowest BCUT2D eigenvalue weighted by molar-refractivity contribution is -0.385. The molecule has 0 spiro atoms. The number of nitrogens with one attached hydrogen (secondary N) is 1. The third kappa shape index (κ3) is 3.89. The molecule has 0 aliphatic heterocycles. The molecule has 0 saturated heterocycles. The molecular weight excluding hydrogens is 248 g/mol. The fraction of sp³-hybridized carbons (Fsp3) is 0.308. The first-order valence-corrected chi connectivity index (χ1v) is 5.80. The first-order chi connectivity index (χ1) is 8.97. The van der Waals surface area contributed by atoms with Gasteiger partial charge in [0.25, 0.3) is 5.69 Å². The molecule has 0 radical (unpaired) electrons. The Morgan fingerprint density at radius 1 is 1.53 bits per heavy atom. The summed E-state index contributed by atoms with van der Waals surface area (Å²) < 4.78 is 0. The zero-order valence-corrected chi connectivity index (χ0v) is 10.8. The molecular formula is C13H16N2O4. The first kappa shape index (κ1) is 14.8. The van der Waals surface area contributed by atoms with Gasteiger partial charge in [-0.05, 0) is 38.6 Å². The maximum absolute atomic E-state index is 11.1. The monoisotopic (exact) mass is 264 g/mol. The quantitative estimate of drug-likeness (QED) is 0.467. The molecule has 0 aliphatic rings. The van der Waals surface area contributed by atoms with E-state index in [1.54, 1.807) is 6.08 Å². The van der Waals surface area contributed by atoms with Crippen LogP contribution in [0.3, 0.4) is 0 Å². The van der Waals surface area contributed by atoms with E-state index in [0.29, 0.717) is 5.56 Å². The largest absolute Gasteiger partial charge is 0.478 e. The summed E-state index contributed by atoms with van der Waals surface area (Å²) in [5.74, 6) is -1.16. The SMILES string of the molecule is CNCCC=Cc1cc(C(=O)O)c(C)c([N+](=O)[O-])c1. The molecule has 0 unspecified atom stereocenters. The van der Waals surface area contributed by atoms with Gasteiger partial charge < -0.3 is 10.4 Å². The van der Waals surface area contributed by atoms with E-state index < -0.39 is 10.9 Å². The molecule has 0 heterocycles. The van der Waals surface area contributed by atoms with Crippen LogP contribution in [0.15, 0.2) is 18.2 Å². The number of nitrogens with zero attached hydrogens (tertiary/aromatic N) is 1. The summed E-state index contributed by atoms with van der Waals surface area (Å²) in [6.45, 7) is 2.23. The van der Waals surface area contributed by atoms with Crippen molar-refractivity contribution >= 4 is 17.7 Å². The van der Waals surface area contributed by atoms with Crippen LogP contribution in [0.25, 0.3) is 6.08 Å². The Morgan fingerprint density at radius 2 is 2.21 bits per heavy atom. The third-order valence-corrected chi connectivity index (χ3v) is 2.70. The zero-order valence-electron chi connectivity index (χ0n) is 10.8. The number of aromatic carboxylic acids is 1. The highest BCUT2D eigenvalue weighted by Crippen LogP contribution is 2.24. The summed E-state index contributed by atoms with van der Waals surface area (Å²) in [5, 5.41) is 22.9. The van der Waals surface area contributed by atoms with Gasteiger partial charge in [0, 0.05) is 11.6 Å². The lowest BCUT2D eigenvalue weighted by Gasteiger charge is -2.04. The second-order valence-electron chi connectivity index (χ2n) is 4.07. The van der Waals surface area contributed by atoms with Crippen LogP contribution in [-0.2, 0) is 0 Å². The van der Waals surface area contributed by atoms with Crippen molar-refractivity contribution in [3.8, 4) is 0 Å². The lowest BCUT2D eigenvalue weighted by atomic mass is 10.0. The van der Waals surface area contributed by atoms with Gasteiger partial charge in [-0.2, -0.15) is 0 Å².